The average molecular weight is 321 g/mol. The molecule has 3 atom stereocenters. The minimum Gasteiger partial charge on any atom is -0.416 e. The van der Waals surface area contributed by atoms with Gasteiger partial charge in [-0.25, -0.2) is 0 Å². The zero-order valence-electron chi connectivity index (χ0n) is 15.2. The number of methoxy groups -OCH3 is 1. The second-order valence-corrected chi connectivity index (χ2v) is 12.4. The van der Waals surface area contributed by atoms with Crippen molar-refractivity contribution < 1.29 is 19.0 Å². The van der Waals surface area contributed by atoms with Gasteiger partial charge in [0, 0.05) is 26.2 Å². The molecule has 21 heavy (non-hydrogen) atoms. The van der Waals surface area contributed by atoms with E-state index in [2.05, 4.69) is 47.7 Å². The summed E-state index contributed by atoms with van der Waals surface area (Å²) in [6.45, 7) is 16.7. The van der Waals surface area contributed by atoms with Crippen LogP contribution in [0.1, 0.15) is 41.0 Å². The molecular formula is C16H36O4Si. The molecule has 0 aromatic carbocycles. The third-order valence-electron chi connectivity index (χ3n) is 4.60. The maximum Gasteiger partial charge on any atom is 0.191 e. The van der Waals surface area contributed by atoms with E-state index in [-0.39, 0.29) is 36.4 Å². The highest BCUT2D eigenvalue weighted by Gasteiger charge is 2.38. The van der Waals surface area contributed by atoms with Crippen molar-refractivity contribution in [3.05, 3.63) is 0 Å². The molecule has 0 unspecified atom stereocenters. The molecular weight excluding hydrogens is 284 g/mol. The van der Waals surface area contributed by atoms with Crippen LogP contribution in [0.2, 0.25) is 18.1 Å². The first-order valence-electron chi connectivity index (χ1n) is 7.92. The number of hydrogen-bond donors (Lipinski definition) is 1. The Morgan fingerprint density at radius 3 is 2.10 bits per heavy atom. The lowest BCUT2D eigenvalue weighted by molar-refractivity contribution is -0.115. The highest BCUT2D eigenvalue weighted by atomic mass is 28.4. The van der Waals surface area contributed by atoms with Crippen molar-refractivity contribution in [2.45, 2.75) is 65.3 Å². The summed E-state index contributed by atoms with van der Waals surface area (Å²) in [5.41, 5.74) is 0. The zero-order chi connectivity index (χ0) is 16.7. The van der Waals surface area contributed by atoms with Crippen molar-refractivity contribution >= 4 is 8.32 Å². The average Bonchev–Trinajstić information content (AvgIpc) is 2.36. The molecule has 0 aromatic rings. The number of aliphatic hydroxyl groups excluding tert-OH is 1. The van der Waals surface area contributed by atoms with Gasteiger partial charge in [-0.2, -0.15) is 0 Å². The molecule has 5 heteroatoms. The molecule has 0 rings (SSSR count). The monoisotopic (exact) mass is 320 g/mol. The summed E-state index contributed by atoms with van der Waals surface area (Å²) in [5.74, 6) is 0.555. The van der Waals surface area contributed by atoms with Gasteiger partial charge in [-0.15, -0.1) is 0 Å². The molecule has 4 nitrogen and oxygen atoms in total. The molecule has 0 bridgehead atoms. The van der Waals surface area contributed by atoms with Crippen LogP contribution in [0.4, 0.5) is 0 Å². The Bertz CT molecular complexity index is 276. The molecule has 0 aliphatic rings. The fourth-order valence-corrected chi connectivity index (χ4v) is 3.17. The van der Waals surface area contributed by atoms with Gasteiger partial charge in [-0.3, -0.25) is 0 Å². The summed E-state index contributed by atoms with van der Waals surface area (Å²) in [7, 11) is -0.105. The maximum atomic E-state index is 9.15. The van der Waals surface area contributed by atoms with Crippen LogP contribution in [-0.4, -0.2) is 46.6 Å². The van der Waals surface area contributed by atoms with E-state index in [1.54, 1.807) is 7.11 Å². The van der Waals surface area contributed by atoms with Gasteiger partial charge in [0.05, 0.1) is 6.10 Å². The molecule has 1 N–H and O–H groups in total. The van der Waals surface area contributed by atoms with Crippen LogP contribution in [0.15, 0.2) is 0 Å². The fraction of sp³-hybridized carbons (Fsp3) is 1.00. The van der Waals surface area contributed by atoms with Gasteiger partial charge in [0.15, 0.2) is 8.32 Å². The Morgan fingerprint density at radius 2 is 1.67 bits per heavy atom. The first kappa shape index (κ1) is 21.1. The van der Waals surface area contributed by atoms with Crippen molar-refractivity contribution in [1.82, 2.24) is 0 Å². The number of ether oxygens (including phenoxy) is 2. The van der Waals surface area contributed by atoms with E-state index in [1.807, 2.05) is 0 Å². The Labute approximate surface area is 132 Å². The van der Waals surface area contributed by atoms with Crippen LogP contribution >= 0.6 is 0 Å². The quantitative estimate of drug-likeness (QED) is 0.493. The third kappa shape index (κ3) is 7.24. The second-order valence-electron chi connectivity index (χ2n) is 7.58. The molecule has 0 aromatic heterocycles. The number of hydrogen-bond acceptors (Lipinski definition) is 4. The van der Waals surface area contributed by atoms with Crippen LogP contribution in [0, 0.1) is 11.8 Å². The lowest BCUT2D eigenvalue weighted by Crippen LogP contribution is -2.43. The van der Waals surface area contributed by atoms with Crippen molar-refractivity contribution in [2.24, 2.45) is 11.8 Å². The van der Waals surface area contributed by atoms with Gasteiger partial charge in [-0.05, 0) is 30.5 Å². The van der Waals surface area contributed by atoms with E-state index < -0.39 is 8.32 Å². The van der Waals surface area contributed by atoms with Gasteiger partial charge in [0.1, 0.15) is 6.79 Å². The van der Waals surface area contributed by atoms with Crippen molar-refractivity contribution in [3.8, 4) is 0 Å². The van der Waals surface area contributed by atoms with Crippen molar-refractivity contribution in [3.63, 3.8) is 0 Å². The molecule has 0 fully saturated rings. The number of rotatable bonds is 10. The Hall–Kier alpha value is 0.0569. The summed E-state index contributed by atoms with van der Waals surface area (Å²) in [6.07, 6.45) is 0.778. The molecule has 0 aliphatic heterocycles. The second kappa shape index (κ2) is 9.25. The van der Waals surface area contributed by atoms with Gasteiger partial charge in [0.25, 0.3) is 0 Å². The first-order valence-corrected chi connectivity index (χ1v) is 10.8. The molecule has 0 saturated carbocycles. The Kier molecular flexibility index (Phi) is 9.28. The first-order chi connectivity index (χ1) is 9.56. The van der Waals surface area contributed by atoms with Crippen LogP contribution in [0.3, 0.4) is 0 Å². The summed E-state index contributed by atoms with van der Waals surface area (Å²) in [4.78, 5) is 0. The normalized spacial score (nSPS) is 17.6. The third-order valence-corrected chi connectivity index (χ3v) is 9.10. The summed E-state index contributed by atoms with van der Waals surface area (Å²) >= 11 is 0. The highest BCUT2D eigenvalue weighted by molar-refractivity contribution is 6.74. The predicted octanol–water partition coefficient (Wildman–Crippen LogP) is 3.65. The van der Waals surface area contributed by atoms with Crippen LogP contribution < -0.4 is 0 Å². The van der Waals surface area contributed by atoms with Gasteiger partial charge >= 0.3 is 0 Å². The molecule has 0 heterocycles. The van der Waals surface area contributed by atoms with E-state index in [9.17, 15) is 0 Å². The topological polar surface area (TPSA) is 47.9 Å². The molecule has 0 aliphatic carbocycles. The Balaban J connectivity index is 4.63. The zero-order valence-corrected chi connectivity index (χ0v) is 16.2. The minimum absolute atomic E-state index is 0.0434. The molecule has 0 saturated heterocycles. The van der Waals surface area contributed by atoms with Gasteiger partial charge in [-0.1, -0.05) is 34.6 Å². The van der Waals surface area contributed by atoms with E-state index in [0.29, 0.717) is 6.61 Å². The standard InChI is InChI=1S/C16H36O4Si/c1-13(9-10-17)15(19-12-18-6)14(2)11-20-21(7,8)16(3,4)5/h13-15,17H,9-12H2,1-8H3/t13-,14+,15-/m1/s1. The highest BCUT2D eigenvalue weighted by Crippen LogP contribution is 2.37. The molecule has 0 spiro atoms. The summed E-state index contributed by atoms with van der Waals surface area (Å²) in [6, 6.07) is 0. The van der Waals surface area contributed by atoms with Crippen LogP contribution in [-0.2, 0) is 13.9 Å². The van der Waals surface area contributed by atoms with Gasteiger partial charge < -0.3 is 19.0 Å². The SMILES string of the molecule is COCO[C@H]([C@H](C)CCO)[C@@H](C)CO[Si](C)(C)C(C)(C)C. The van der Waals surface area contributed by atoms with Crippen molar-refractivity contribution in [1.29, 1.82) is 0 Å². The van der Waals surface area contributed by atoms with E-state index in [1.165, 1.54) is 0 Å². The van der Waals surface area contributed by atoms with E-state index in [4.69, 9.17) is 19.0 Å². The van der Waals surface area contributed by atoms with Crippen LogP contribution in [0.25, 0.3) is 0 Å². The molecule has 0 amide bonds. The fourth-order valence-electron chi connectivity index (χ4n) is 2.06. The largest absolute Gasteiger partial charge is 0.416 e. The maximum absolute atomic E-state index is 9.15. The molecule has 0 radical (unpaired) electrons. The Morgan fingerprint density at radius 1 is 1.10 bits per heavy atom. The van der Waals surface area contributed by atoms with Gasteiger partial charge in [0.2, 0.25) is 0 Å². The predicted molar refractivity (Wildman–Crippen MR) is 89.9 cm³/mol. The summed E-state index contributed by atoms with van der Waals surface area (Å²) < 4.78 is 17.2. The van der Waals surface area contributed by atoms with E-state index >= 15 is 0 Å². The lowest BCUT2D eigenvalue weighted by Gasteiger charge is -2.38. The smallest absolute Gasteiger partial charge is 0.191 e. The minimum atomic E-state index is -1.73. The number of aliphatic hydroxyl groups is 1. The van der Waals surface area contributed by atoms with Crippen LogP contribution in [0.5, 0.6) is 0 Å². The summed E-state index contributed by atoms with van der Waals surface area (Å²) in [5, 5.41) is 9.36. The van der Waals surface area contributed by atoms with Crippen molar-refractivity contribution in [2.75, 3.05) is 27.1 Å². The lowest BCUT2D eigenvalue weighted by atomic mass is 9.91. The molecule has 128 valence electrons. The van der Waals surface area contributed by atoms with E-state index in [0.717, 1.165) is 6.42 Å².